The highest BCUT2D eigenvalue weighted by atomic mass is 32.3. The maximum Gasteiger partial charge on any atom is 0.650 e. The standard InChI is InChI=1S/C11H16F3NO5S/c1-10(2,3)19-9(16)15-6-4-8(5-7-15)20-21(17,18)11(12,13)14/h4H,5-7H2,1-3H3/p+1. The zero-order valence-electron chi connectivity index (χ0n) is 11.8. The molecule has 1 atom stereocenters. The number of nitrogens with zero attached hydrogens (tertiary/aromatic N) is 1. The number of rotatable bonds is 2. The van der Waals surface area contributed by atoms with Crippen molar-refractivity contribution in [2.75, 3.05) is 13.1 Å². The van der Waals surface area contributed by atoms with E-state index < -0.39 is 27.7 Å². The molecule has 0 spiro atoms. The maximum absolute atomic E-state index is 12.2. The minimum absolute atomic E-state index is 0.0358. The summed E-state index contributed by atoms with van der Waals surface area (Å²) in [6.45, 7) is 5.03. The van der Waals surface area contributed by atoms with Crippen molar-refractivity contribution in [1.82, 2.24) is 4.90 Å². The quantitative estimate of drug-likeness (QED) is 0.787. The Balaban J connectivity index is 2.63. The van der Waals surface area contributed by atoms with Crippen LogP contribution < -0.4 is 0 Å². The average molecular weight is 332 g/mol. The van der Waals surface area contributed by atoms with Crippen LogP contribution in [0.2, 0.25) is 0 Å². The Labute approximate surface area is 121 Å². The summed E-state index contributed by atoms with van der Waals surface area (Å²) in [7, 11) is -5.42. The van der Waals surface area contributed by atoms with Gasteiger partial charge in [-0.05, 0) is 31.1 Å². The Hall–Kier alpha value is -1.29. The SMILES string of the molecule is CC(C)(C)OC(=O)N1CC=C(O[S+](=O)(O)C(F)(F)F)CC1. The summed E-state index contributed by atoms with van der Waals surface area (Å²) < 4.78 is 65.6. The van der Waals surface area contributed by atoms with Crippen molar-refractivity contribution in [2.24, 2.45) is 0 Å². The number of carbonyl (C=O) groups is 1. The first-order chi connectivity index (χ1) is 9.32. The number of halogens is 3. The van der Waals surface area contributed by atoms with Crippen LogP contribution >= 0.6 is 0 Å². The topological polar surface area (TPSA) is 76.1 Å². The molecule has 0 aromatic carbocycles. The van der Waals surface area contributed by atoms with E-state index in [1.54, 1.807) is 20.8 Å². The Morgan fingerprint density at radius 3 is 2.33 bits per heavy atom. The molecule has 0 fully saturated rings. The molecule has 6 nitrogen and oxygen atoms in total. The van der Waals surface area contributed by atoms with Crippen molar-refractivity contribution in [3.05, 3.63) is 11.8 Å². The van der Waals surface area contributed by atoms with Crippen molar-refractivity contribution in [2.45, 2.75) is 38.3 Å². The van der Waals surface area contributed by atoms with E-state index >= 15 is 0 Å². The summed E-state index contributed by atoms with van der Waals surface area (Å²) in [4.78, 5) is 13.0. The van der Waals surface area contributed by atoms with Crippen LogP contribution in [0.3, 0.4) is 0 Å². The van der Waals surface area contributed by atoms with Gasteiger partial charge in [-0.1, -0.05) is 0 Å². The number of ether oxygens (including phenoxy) is 1. The minimum atomic E-state index is -5.42. The molecule has 0 aromatic rings. The van der Waals surface area contributed by atoms with Crippen molar-refractivity contribution in [3.8, 4) is 0 Å². The Bertz CT molecular complexity index is 483. The fraction of sp³-hybridized carbons (Fsp3) is 0.727. The van der Waals surface area contributed by atoms with Crippen LogP contribution in [0.5, 0.6) is 0 Å². The molecule has 1 N–H and O–H groups in total. The van der Waals surface area contributed by atoms with Gasteiger partial charge in [0.25, 0.3) is 0 Å². The zero-order chi connectivity index (χ0) is 16.5. The van der Waals surface area contributed by atoms with Crippen molar-refractivity contribution in [1.29, 1.82) is 0 Å². The van der Waals surface area contributed by atoms with Gasteiger partial charge in [0.15, 0.2) is 5.76 Å². The van der Waals surface area contributed by atoms with E-state index in [0.29, 0.717) is 0 Å². The van der Waals surface area contributed by atoms with E-state index in [1.807, 2.05) is 0 Å². The molecule has 10 heteroatoms. The summed E-state index contributed by atoms with van der Waals surface area (Å²) in [6.07, 6.45) is 0.431. The van der Waals surface area contributed by atoms with Crippen molar-refractivity contribution < 1.29 is 35.6 Å². The third-order valence-corrected chi connectivity index (χ3v) is 3.36. The Morgan fingerprint density at radius 1 is 1.38 bits per heavy atom. The first kappa shape index (κ1) is 17.8. The van der Waals surface area contributed by atoms with Gasteiger partial charge < -0.3 is 9.64 Å². The molecule has 21 heavy (non-hydrogen) atoms. The van der Waals surface area contributed by atoms with Crippen molar-refractivity contribution in [3.63, 3.8) is 0 Å². The van der Waals surface area contributed by atoms with Crippen LogP contribution in [0.4, 0.5) is 18.0 Å². The highest BCUT2D eigenvalue weighted by Crippen LogP contribution is 2.32. The lowest BCUT2D eigenvalue weighted by molar-refractivity contribution is -0.0608. The predicted octanol–water partition coefficient (Wildman–Crippen LogP) is 2.94. The highest BCUT2D eigenvalue weighted by Gasteiger charge is 2.63. The molecular weight excluding hydrogens is 315 g/mol. The van der Waals surface area contributed by atoms with Gasteiger partial charge in [-0.2, -0.15) is 0 Å². The van der Waals surface area contributed by atoms with Gasteiger partial charge in [0.05, 0.1) is 0 Å². The Kier molecular flexibility index (Phi) is 4.94. The second kappa shape index (κ2) is 5.84. The number of amides is 1. The lowest BCUT2D eigenvalue weighted by Gasteiger charge is -2.28. The third-order valence-electron chi connectivity index (χ3n) is 2.33. The summed E-state index contributed by atoms with van der Waals surface area (Å²) >= 11 is 0. The van der Waals surface area contributed by atoms with Crippen LogP contribution in [0.15, 0.2) is 11.8 Å². The molecule has 0 saturated heterocycles. The smallest absolute Gasteiger partial charge is 0.444 e. The van der Waals surface area contributed by atoms with Crippen LogP contribution in [0, 0.1) is 0 Å². The van der Waals surface area contributed by atoms with E-state index in [4.69, 9.17) is 9.29 Å². The molecule has 1 amide bonds. The lowest BCUT2D eigenvalue weighted by Crippen LogP contribution is -2.40. The van der Waals surface area contributed by atoms with Gasteiger partial charge in [0.2, 0.25) is 0 Å². The zero-order valence-corrected chi connectivity index (χ0v) is 12.6. The number of alkyl halides is 3. The number of hydrogen-bond acceptors (Lipinski definition) is 4. The van der Waals surface area contributed by atoms with Crippen LogP contribution in [0.25, 0.3) is 0 Å². The molecule has 0 bridgehead atoms. The molecular formula is C11H17F3NO5S+. The molecule has 0 aromatic heterocycles. The van der Waals surface area contributed by atoms with Gasteiger partial charge in [-0.15, -0.1) is 17.7 Å². The molecule has 0 radical (unpaired) electrons. The molecule has 1 aliphatic rings. The minimum Gasteiger partial charge on any atom is -0.444 e. The summed E-state index contributed by atoms with van der Waals surface area (Å²) in [5, 5.41) is 0. The predicted molar refractivity (Wildman–Crippen MR) is 68.3 cm³/mol. The van der Waals surface area contributed by atoms with Gasteiger partial charge >= 0.3 is 22.1 Å². The van der Waals surface area contributed by atoms with Crippen LogP contribution in [0.1, 0.15) is 27.2 Å². The highest BCUT2D eigenvalue weighted by molar-refractivity contribution is 7.94. The fourth-order valence-electron chi connectivity index (χ4n) is 1.41. The molecule has 1 aliphatic heterocycles. The van der Waals surface area contributed by atoms with Crippen LogP contribution in [-0.2, 0) is 23.6 Å². The second-order valence-corrected chi connectivity index (χ2v) is 6.93. The maximum atomic E-state index is 12.2. The number of carbonyl (C=O) groups excluding carboxylic acids is 1. The monoisotopic (exact) mass is 332 g/mol. The normalized spacial score (nSPS) is 19.6. The molecule has 1 rings (SSSR count). The summed E-state index contributed by atoms with van der Waals surface area (Å²) in [6, 6.07) is 0. The first-order valence-electron chi connectivity index (χ1n) is 6.01. The number of hydrogen-bond donors (Lipinski definition) is 1. The van der Waals surface area contributed by atoms with Crippen LogP contribution in [-0.4, -0.2) is 39.7 Å². The lowest BCUT2D eigenvalue weighted by atomic mass is 10.2. The van der Waals surface area contributed by atoms with E-state index in [1.165, 1.54) is 4.90 Å². The molecule has 122 valence electrons. The van der Waals surface area contributed by atoms with Gasteiger partial charge in [0, 0.05) is 19.5 Å². The van der Waals surface area contributed by atoms with Gasteiger partial charge in [-0.3, -0.25) is 4.18 Å². The van der Waals surface area contributed by atoms with E-state index in [-0.39, 0.29) is 25.3 Å². The second-order valence-electron chi connectivity index (χ2n) is 5.35. The van der Waals surface area contributed by atoms with E-state index in [0.717, 1.165) is 6.08 Å². The first-order valence-corrected chi connectivity index (χ1v) is 7.45. The largest absolute Gasteiger partial charge is 0.650 e. The van der Waals surface area contributed by atoms with E-state index in [2.05, 4.69) is 4.18 Å². The molecule has 0 aliphatic carbocycles. The molecule has 1 heterocycles. The fourth-order valence-corrected chi connectivity index (χ4v) is 1.95. The van der Waals surface area contributed by atoms with E-state index in [9.17, 15) is 22.2 Å². The Morgan fingerprint density at radius 2 is 1.95 bits per heavy atom. The van der Waals surface area contributed by atoms with Crippen molar-refractivity contribution >= 4 is 16.6 Å². The molecule has 1 unspecified atom stereocenters. The van der Waals surface area contributed by atoms with Gasteiger partial charge in [-0.25, -0.2) is 4.79 Å². The van der Waals surface area contributed by atoms with Gasteiger partial charge in [0.1, 0.15) is 5.60 Å². The summed E-state index contributed by atoms with van der Waals surface area (Å²) in [5.74, 6) is -0.278. The summed E-state index contributed by atoms with van der Waals surface area (Å²) in [5.41, 5.74) is -6.05. The average Bonchev–Trinajstić information content (AvgIpc) is 2.25. The third kappa shape index (κ3) is 5.20. The molecule has 0 saturated carbocycles.